The van der Waals surface area contributed by atoms with Gasteiger partial charge in [0.15, 0.2) is 5.75 Å². The van der Waals surface area contributed by atoms with Crippen molar-refractivity contribution in [2.75, 3.05) is 6.61 Å². The molecule has 0 saturated heterocycles. The van der Waals surface area contributed by atoms with Crippen molar-refractivity contribution in [3.63, 3.8) is 0 Å². The van der Waals surface area contributed by atoms with E-state index in [0.717, 1.165) is 18.2 Å². The number of rotatable bonds is 5. The Labute approximate surface area is 84.6 Å². The van der Waals surface area contributed by atoms with Crippen LogP contribution >= 0.6 is 0 Å². The molecule has 0 spiro atoms. The molecule has 0 bridgehead atoms. The first kappa shape index (κ1) is 11.1. The molecule has 0 aliphatic carbocycles. The van der Waals surface area contributed by atoms with Gasteiger partial charge in [0, 0.05) is 6.42 Å². The minimum atomic E-state index is -0.737. The largest absolute Gasteiger partial charge is 0.486 e. The molecule has 0 saturated carbocycles. The molecule has 80 valence electrons. The zero-order valence-corrected chi connectivity index (χ0v) is 7.68. The van der Waals surface area contributed by atoms with Gasteiger partial charge in [-0.25, -0.2) is 4.39 Å². The van der Waals surface area contributed by atoms with E-state index in [1.54, 1.807) is 0 Å². The van der Waals surface area contributed by atoms with Crippen LogP contribution in [0, 0.1) is 15.9 Å². The van der Waals surface area contributed by atoms with Crippen molar-refractivity contribution in [1.82, 2.24) is 0 Å². The second-order valence-corrected chi connectivity index (χ2v) is 2.67. The highest BCUT2D eigenvalue weighted by molar-refractivity contribution is 5.50. The Morgan fingerprint density at radius 2 is 2.27 bits per heavy atom. The van der Waals surface area contributed by atoms with E-state index in [2.05, 4.69) is 0 Å². The van der Waals surface area contributed by atoms with Crippen LogP contribution in [0.15, 0.2) is 18.2 Å². The first-order valence-corrected chi connectivity index (χ1v) is 4.15. The van der Waals surface area contributed by atoms with Gasteiger partial charge in [0.1, 0.15) is 12.1 Å². The SMILES string of the molecule is O=CCCOc1ccc(F)cc1[N+](=O)[O-]. The molecule has 0 atom stereocenters. The number of ether oxygens (including phenoxy) is 1. The number of benzene rings is 1. The molecule has 6 heteroatoms. The number of nitrogens with zero attached hydrogens (tertiary/aromatic N) is 1. The lowest BCUT2D eigenvalue weighted by Crippen LogP contribution is -2.01. The van der Waals surface area contributed by atoms with Gasteiger partial charge in [-0.15, -0.1) is 0 Å². The fourth-order valence-electron chi connectivity index (χ4n) is 0.972. The van der Waals surface area contributed by atoms with E-state index >= 15 is 0 Å². The van der Waals surface area contributed by atoms with Gasteiger partial charge in [0.2, 0.25) is 0 Å². The highest BCUT2D eigenvalue weighted by Crippen LogP contribution is 2.27. The highest BCUT2D eigenvalue weighted by Gasteiger charge is 2.15. The van der Waals surface area contributed by atoms with Crippen LogP contribution in [0.25, 0.3) is 0 Å². The predicted molar refractivity (Wildman–Crippen MR) is 49.2 cm³/mol. The van der Waals surface area contributed by atoms with E-state index in [1.165, 1.54) is 0 Å². The Morgan fingerprint density at radius 3 is 2.87 bits per heavy atom. The lowest BCUT2D eigenvalue weighted by Gasteiger charge is -2.04. The fourth-order valence-corrected chi connectivity index (χ4v) is 0.972. The first-order chi connectivity index (χ1) is 7.15. The summed E-state index contributed by atoms with van der Waals surface area (Å²) in [5, 5.41) is 10.5. The number of nitro groups is 1. The molecule has 15 heavy (non-hydrogen) atoms. The molecule has 0 radical (unpaired) electrons. The van der Waals surface area contributed by atoms with E-state index in [1.807, 2.05) is 0 Å². The number of carbonyl (C=O) groups excluding carboxylic acids is 1. The molecule has 0 fully saturated rings. The number of hydrogen-bond donors (Lipinski definition) is 0. The molecule has 0 N–H and O–H groups in total. The summed E-state index contributed by atoms with van der Waals surface area (Å²) in [5.41, 5.74) is -0.444. The number of hydrogen-bond acceptors (Lipinski definition) is 4. The van der Waals surface area contributed by atoms with Gasteiger partial charge < -0.3 is 9.53 Å². The first-order valence-electron chi connectivity index (χ1n) is 4.15. The summed E-state index contributed by atoms with van der Waals surface area (Å²) in [7, 11) is 0. The van der Waals surface area contributed by atoms with Gasteiger partial charge in [0.05, 0.1) is 17.6 Å². The summed E-state index contributed by atoms with van der Waals surface area (Å²) in [6, 6.07) is 3.00. The topological polar surface area (TPSA) is 69.4 Å². The van der Waals surface area contributed by atoms with Crippen LogP contribution in [0.2, 0.25) is 0 Å². The number of aldehydes is 1. The van der Waals surface area contributed by atoms with E-state index in [4.69, 9.17) is 4.74 Å². The summed E-state index contributed by atoms with van der Waals surface area (Å²) >= 11 is 0. The molecule has 0 unspecified atom stereocenters. The van der Waals surface area contributed by atoms with Crippen molar-refractivity contribution < 1.29 is 18.8 Å². The third kappa shape index (κ3) is 3.01. The van der Waals surface area contributed by atoms with Gasteiger partial charge in [-0.3, -0.25) is 10.1 Å². The van der Waals surface area contributed by atoms with Crippen molar-refractivity contribution >= 4 is 12.0 Å². The second kappa shape index (κ2) is 5.04. The van der Waals surface area contributed by atoms with Gasteiger partial charge in [0.25, 0.3) is 0 Å². The summed E-state index contributed by atoms with van der Waals surface area (Å²) in [6.45, 7) is 0.0377. The van der Waals surface area contributed by atoms with Gasteiger partial charge in [-0.2, -0.15) is 0 Å². The van der Waals surface area contributed by atoms with E-state index in [-0.39, 0.29) is 18.8 Å². The van der Waals surface area contributed by atoms with Crippen molar-refractivity contribution in [2.45, 2.75) is 6.42 Å². The predicted octanol–water partition coefficient (Wildman–Crippen LogP) is 1.70. The molecule has 0 aliphatic rings. The quantitative estimate of drug-likeness (QED) is 0.323. The second-order valence-electron chi connectivity index (χ2n) is 2.67. The van der Waals surface area contributed by atoms with Crippen LogP contribution < -0.4 is 4.74 Å². The minimum absolute atomic E-state index is 0.0377. The van der Waals surface area contributed by atoms with Crippen LogP contribution in [0.1, 0.15) is 6.42 Å². The third-order valence-electron chi connectivity index (χ3n) is 1.61. The number of nitro benzene ring substituents is 1. The molecule has 0 aromatic heterocycles. The molecular formula is C9H8FNO4. The summed E-state index contributed by atoms with van der Waals surface area (Å²) in [6.07, 6.45) is 0.768. The van der Waals surface area contributed by atoms with Gasteiger partial charge >= 0.3 is 5.69 Å². The molecule has 1 aromatic carbocycles. The molecule has 0 aliphatic heterocycles. The smallest absolute Gasteiger partial charge is 0.313 e. The van der Waals surface area contributed by atoms with Crippen molar-refractivity contribution in [3.05, 3.63) is 34.1 Å². The molecule has 0 amide bonds. The molecule has 1 rings (SSSR count). The Balaban J connectivity index is 2.85. The lowest BCUT2D eigenvalue weighted by molar-refractivity contribution is -0.386. The average molecular weight is 213 g/mol. The number of carbonyl (C=O) groups is 1. The average Bonchev–Trinajstić information content (AvgIpc) is 2.20. The van der Waals surface area contributed by atoms with Crippen LogP contribution in [-0.2, 0) is 4.79 Å². The molecule has 1 aromatic rings. The van der Waals surface area contributed by atoms with Gasteiger partial charge in [-0.1, -0.05) is 0 Å². The van der Waals surface area contributed by atoms with Gasteiger partial charge in [-0.05, 0) is 12.1 Å². The Bertz CT molecular complexity index is 380. The van der Waals surface area contributed by atoms with Crippen LogP contribution in [0.3, 0.4) is 0 Å². The normalized spacial score (nSPS) is 9.67. The monoisotopic (exact) mass is 213 g/mol. The lowest BCUT2D eigenvalue weighted by atomic mass is 10.3. The molecule has 5 nitrogen and oxygen atoms in total. The summed E-state index contributed by atoms with van der Waals surface area (Å²) in [5.74, 6) is -0.743. The Morgan fingerprint density at radius 1 is 1.53 bits per heavy atom. The maximum atomic E-state index is 12.7. The zero-order valence-electron chi connectivity index (χ0n) is 7.68. The minimum Gasteiger partial charge on any atom is -0.486 e. The summed E-state index contributed by atoms with van der Waals surface area (Å²) < 4.78 is 17.6. The van der Waals surface area contributed by atoms with E-state index in [9.17, 15) is 19.3 Å². The number of halogens is 1. The molecular weight excluding hydrogens is 205 g/mol. The molecule has 0 heterocycles. The van der Waals surface area contributed by atoms with E-state index in [0.29, 0.717) is 6.29 Å². The van der Waals surface area contributed by atoms with Crippen molar-refractivity contribution in [2.24, 2.45) is 0 Å². The summed E-state index contributed by atoms with van der Waals surface area (Å²) in [4.78, 5) is 19.8. The Hall–Kier alpha value is -1.98. The van der Waals surface area contributed by atoms with Crippen molar-refractivity contribution in [3.8, 4) is 5.75 Å². The Kier molecular flexibility index (Phi) is 3.73. The standard InChI is InChI=1S/C9H8FNO4/c10-7-2-3-9(15-5-1-4-12)8(6-7)11(13)14/h2-4,6H,1,5H2. The third-order valence-corrected chi connectivity index (χ3v) is 1.61. The highest BCUT2D eigenvalue weighted by atomic mass is 19.1. The van der Waals surface area contributed by atoms with Crippen LogP contribution in [-0.4, -0.2) is 17.8 Å². The maximum Gasteiger partial charge on any atom is 0.313 e. The maximum absolute atomic E-state index is 12.7. The van der Waals surface area contributed by atoms with Crippen LogP contribution in [0.5, 0.6) is 5.75 Å². The zero-order chi connectivity index (χ0) is 11.3. The van der Waals surface area contributed by atoms with Crippen LogP contribution in [0.4, 0.5) is 10.1 Å². The van der Waals surface area contributed by atoms with E-state index < -0.39 is 16.4 Å². The van der Waals surface area contributed by atoms with Crippen molar-refractivity contribution in [1.29, 1.82) is 0 Å². The fraction of sp³-hybridized carbons (Fsp3) is 0.222.